The van der Waals surface area contributed by atoms with Gasteiger partial charge in [0.15, 0.2) is 0 Å². The largest absolute Gasteiger partial charge is 0.505 e. The molecule has 33 heavy (non-hydrogen) atoms. The fourth-order valence-corrected chi connectivity index (χ4v) is 3.41. The molecule has 0 bridgehead atoms. The number of hydrogen-bond donors (Lipinski definition) is 1. The van der Waals surface area contributed by atoms with Crippen LogP contribution < -0.4 is 4.74 Å². The standard InChI is InChI=1S/C26H27ClN2O4/c1-16(2)25(31)33-13-12-32-17-14-20(26(3,4)5)24(30)23(15-17)29-28-22-11-10-21(27)18-8-6-7-9-19(18)22/h6-11,14-15,30H,1,12-13H2,2-5H3. The number of aromatic hydroxyl groups is 1. The molecule has 0 aliphatic heterocycles. The molecule has 0 spiro atoms. The Kier molecular flexibility index (Phi) is 7.39. The van der Waals surface area contributed by atoms with Crippen LogP contribution in [0.1, 0.15) is 33.3 Å². The van der Waals surface area contributed by atoms with Gasteiger partial charge in [-0.15, -0.1) is 10.2 Å². The minimum atomic E-state index is -0.468. The quantitative estimate of drug-likeness (QED) is 0.170. The Balaban J connectivity index is 1.91. The number of carbonyl (C=O) groups is 1. The molecule has 172 valence electrons. The predicted molar refractivity (Wildman–Crippen MR) is 131 cm³/mol. The highest BCUT2D eigenvalue weighted by molar-refractivity contribution is 6.36. The fraction of sp³-hybridized carbons (Fsp3) is 0.269. The number of nitrogens with zero attached hydrogens (tertiary/aromatic N) is 2. The third-order valence-corrected chi connectivity index (χ3v) is 5.25. The SMILES string of the molecule is C=C(C)C(=O)OCCOc1cc(N=Nc2ccc(Cl)c3ccccc23)c(O)c(C(C)(C)C)c1. The Morgan fingerprint density at radius 2 is 1.70 bits per heavy atom. The molecule has 7 heteroatoms. The number of esters is 1. The van der Waals surface area contributed by atoms with Gasteiger partial charge in [-0.1, -0.05) is 63.2 Å². The molecule has 0 unspecified atom stereocenters. The smallest absolute Gasteiger partial charge is 0.333 e. The first-order valence-electron chi connectivity index (χ1n) is 10.5. The Bertz CT molecular complexity index is 1230. The van der Waals surface area contributed by atoms with E-state index in [4.69, 9.17) is 21.1 Å². The summed E-state index contributed by atoms with van der Waals surface area (Å²) in [5.74, 6) is 0.0500. The lowest BCUT2D eigenvalue weighted by Gasteiger charge is -2.22. The van der Waals surface area contributed by atoms with E-state index in [-0.39, 0.29) is 30.1 Å². The van der Waals surface area contributed by atoms with E-state index >= 15 is 0 Å². The topological polar surface area (TPSA) is 80.5 Å². The van der Waals surface area contributed by atoms with E-state index in [9.17, 15) is 9.90 Å². The van der Waals surface area contributed by atoms with E-state index in [1.165, 1.54) is 0 Å². The van der Waals surface area contributed by atoms with Crippen LogP contribution in [0.5, 0.6) is 11.5 Å². The summed E-state index contributed by atoms with van der Waals surface area (Å²) < 4.78 is 10.8. The maximum Gasteiger partial charge on any atom is 0.333 e. The number of ether oxygens (including phenoxy) is 2. The number of phenols is 1. The molecule has 0 heterocycles. The van der Waals surface area contributed by atoms with Gasteiger partial charge in [0, 0.05) is 33.0 Å². The van der Waals surface area contributed by atoms with E-state index in [0.29, 0.717) is 27.6 Å². The van der Waals surface area contributed by atoms with Gasteiger partial charge >= 0.3 is 5.97 Å². The number of benzene rings is 3. The van der Waals surface area contributed by atoms with Crippen LogP contribution in [0, 0.1) is 0 Å². The first kappa shape index (κ1) is 24.3. The van der Waals surface area contributed by atoms with Crippen molar-refractivity contribution in [3.8, 4) is 11.5 Å². The van der Waals surface area contributed by atoms with Crippen molar-refractivity contribution in [1.29, 1.82) is 0 Å². The van der Waals surface area contributed by atoms with E-state index in [0.717, 1.165) is 10.8 Å². The minimum absolute atomic E-state index is 0.0329. The van der Waals surface area contributed by atoms with Gasteiger partial charge in [-0.3, -0.25) is 0 Å². The second-order valence-corrected chi connectivity index (χ2v) is 9.07. The summed E-state index contributed by atoms with van der Waals surface area (Å²) in [7, 11) is 0. The Hall–Kier alpha value is -3.38. The van der Waals surface area contributed by atoms with Crippen molar-refractivity contribution in [3.05, 3.63) is 71.3 Å². The summed E-state index contributed by atoms with van der Waals surface area (Å²) in [6.45, 7) is 11.3. The lowest BCUT2D eigenvalue weighted by molar-refractivity contribution is -0.139. The first-order valence-corrected chi connectivity index (χ1v) is 10.9. The molecule has 0 aromatic heterocycles. The lowest BCUT2D eigenvalue weighted by Crippen LogP contribution is -2.14. The van der Waals surface area contributed by atoms with E-state index < -0.39 is 5.97 Å². The highest BCUT2D eigenvalue weighted by atomic mass is 35.5. The summed E-state index contributed by atoms with van der Waals surface area (Å²) in [4.78, 5) is 11.5. The van der Waals surface area contributed by atoms with Crippen LogP contribution in [0.2, 0.25) is 5.02 Å². The van der Waals surface area contributed by atoms with Gasteiger partial charge in [0.05, 0.1) is 5.69 Å². The van der Waals surface area contributed by atoms with Crippen molar-refractivity contribution >= 4 is 39.7 Å². The maximum atomic E-state index is 11.5. The summed E-state index contributed by atoms with van der Waals surface area (Å²) >= 11 is 6.30. The zero-order valence-electron chi connectivity index (χ0n) is 19.2. The Morgan fingerprint density at radius 1 is 1.03 bits per heavy atom. The van der Waals surface area contributed by atoms with E-state index in [2.05, 4.69) is 16.8 Å². The third kappa shape index (κ3) is 5.90. The van der Waals surface area contributed by atoms with Gasteiger partial charge in [0.1, 0.15) is 30.4 Å². The Morgan fingerprint density at radius 3 is 2.36 bits per heavy atom. The van der Waals surface area contributed by atoms with Crippen molar-refractivity contribution < 1.29 is 19.4 Å². The molecule has 0 aliphatic rings. The van der Waals surface area contributed by atoms with Crippen LogP contribution in [0.25, 0.3) is 10.8 Å². The second kappa shape index (κ2) is 10.0. The Labute approximate surface area is 198 Å². The molecule has 0 atom stereocenters. The summed E-state index contributed by atoms with van der Waals surface area (Å²) in [5, 5.41) is 21.9. The average molecular weight is 467 g/mol. The predicted octanol–water partition coefficient (Wildman–Crippen LogP) is 7.41. The number of phenolic OH excluding ortho intramolecular Hbond substituents is 1. The lowest BCUT2D eigenvalue weighted by atomic mass is 9.86. The van der Waals surface area contributed by atoms with Crippen molar-refractivity contribution in [3.63, 3.8) is 0 Å². The molecule has 3 rings (SSSR count). The number of rotatable bonds is 7. The molecule has 0 fully saturated rings. The molecule has 0 aliphatic carbocycles. The number of fused-ring (bicyclic) bond motifs is 1. The van der Waals surface area contributed by atoms with Gasteiger partial charge in [0.25, 0.3) is 0 Å². The highest BCUT2D eigenvalue weighted by Gasteiger charge is 2.22. The van der Waals surface area contributed by atoms with Crippen molar-refractivity contribution in [1.82, 2.24) is 0 Å². The van der Waals surface area contributed by atoms with Crippen LogP contribution in [0.15, 0.2) is 70.9 Å². The monoisotopic (exact) mass is 466 g/mol. The highest BCUT2D eigenvalue weighted by Crippen LogP contribution is 2.42. The number of halogens is 1. The number of azo groups is 1. The molecular formula is C26H27ClN2O4. The molecule has 3 aromatic rings. The van der Waals surface area contributed by atoms with Crippen LogP contribution in [-0.4, -0.2) is 24.3 Å². The molecule has 1 N–H and O–H groups in total. The van der Waals surface area contributed by atoms with Crippen LogP contribution >= 0.6 is 11.6 Å². The van der Waals surface area contributed by atoms with Gasteiger partial charge < -0.3 is 14.6 Å². The van der Waals surface area contributed by atoms with E-state index in [1.54, 1.807) is 31.2 Å². The molecule has 0 radical (unpaired) electrons. The summed E-state index contributed by atoms with van der Waals surface area (Å²) in [6, 6.07) is 14.6. The number of hydrogen-bond acceptors (Lipinski definition) is 6. The van der Waals surface area contributed by atoms with Crippen molar-refractivity contribution in [2.24, 2.45) is 10.2 Å². The molecule has 6 nitrogen and oxygen atoms in total. The zero-order valence-corrected chi connectivity index (χ0v) is 19.9. The first-order chi connectivity index (χ1) is 15.6. The van der Waals surface area contributed by atoms with Crippen LogP contribution in [-0.2, 0) is 14.9 Å². The molecule has 3 aromatic carbocycles. The van der Waals surface area contributed by atoms with Gasteiger partial charge in [-0.05, 0) is 30.5 Å². The maximum absolute atomic E-state index is 11.5. The molecular weight excluding hydrogens is 440 g/mol. The average Bonchev–Trinajstić information content (AvgIpc) is 2.76. The molecule has 0 saturated heterocycles. The van der Waals surface area contributed by atoms with Crippen LogP contribution in [0.4, 0.5) is 11.4 Å². The van der Waals surface area contributed by atoms with Crippen molar-refractivity contribution in [2.75, 3.05) is 13.2 Å². The summed E-state index contributed by atoms with van der Waals surface area (Å²) in [5.41, 5.74) is 1.52. The van der Waals surface area contributed by atoms with Gasteiger partial charge in [0.2, 0.25) is 0 Å². The van der Waals surface area contributed by atoms with E-state index in [1.807, 2.05) is 45.0 Å². The molecule has 0 amide bonds. The van der Waals surface area contributed by atoms with Gasteiger partial charge in [-0.2, -0.15) is 0 Å². The third-order valence-electron chi connectivity index (χ3n) is 4.92. The molecule has 0 saturated carbocycles. The second-order valence-electron chi connectivity index (χ2n) is 8.67. The minimum Gasteiger partial charge on any atom is -0.505 e. The van der Waals surface area contributed by atoms with Crippen LogP contribution in [0.3, 0.4) is 0 Å². The number of carbonyl (C=O) groups excluding carboxylic acids is 1. The summed E-state index contributed by atoms with van der Waals surface area (Å²) in [6.07, 6.45) is 0. The zero-order chi connectivity index (χ0) is 24.2. The van der Waals surface area contributed by atoms with Gasteiger partial charge in [-0.25, -0.2) is 4.79 Å². The normalized spacial score (nSPS) is 11.7. The van der Waals surface area contributed by atoms with Crippen molar-refractivity contribution in [2.45, 2.75) is 33.1 Å². The fourth-order valence-electron chi connectivity index (χ4n) is 3.18.